The van der Waals surface area contributed by atoms with Gasteiger partial charge >= 0.3 is 0 Å². The summed E-state index contributed by atoms with van der Waals surface area (Å²) in [5, 5.41) is 14.4. The molecule has 2 rings (SSSR count). The van der Waals surface area contributed by atoms with Crippen molar-refractivity contribution in [2.75, 3.05) is 0 Å². The molecule has 2 nitrogen and oxygen atoms in total. The molecule has 0 saturated heterocycles. The second-order valence-electron chi connectivity index (χ2n) is 5.26. The third kappa shape index (κ3) is 3.71. The molecule has 3 heteroatoms. The lowest BCUT2D eigenvalue weighted by atomic mass is 10.0. The van der Waals surface area contributed by atoms with E-state index >= 15 is 0 Å². The fourth-order valence-corrected chi connectivity index (χ4v) is 2.87. The van der Waals surface area contributed by atoms with Crippen molar-refractivity contribution in [1.82, 2.24) is 5.32 Å². The highest BCUT2D eigenvalue weighted by molar-refractivity contribution is 6.30. The molecule has 18 heavy (non-hydrogen) atoms. The molecular formula is C15H22ClNO. The maximum absolute atomic E-state index is 10.1. The molecule has 0 spiro atoms. The molecule has 3 atom stereocenters. The van der Waals surface area contributed by atoms with Gasteiger partial charge in [-0.2, -0.15) is 0 Å². The Labute approximate surface area is 114 Å². The number of nitrogens with one attached hydrogen (secondary N) is 1. The van der Waals surface area contributed by atoms with Gasteiger partial charge in [-0.15, -0.1) is 0 Å². The Hall–Kier alpha value is -0.570. The lowest BCUT2D eigenvalue weighted by molar-refractivity contribution is 0.115. The van der Waals surface area contributed by atoms with Crippen LogP contribution in [-0.2, 0) is 0 Å². The highest BCUT2D eigenvalue weighted by Gasteiger charge is 2.23. The summed E-state index contributed by atoms with van der Waals surface area (Å²) in [7, 11) is 0. The van der Waals surface area contributed by atoms with Gasteiger partial charge in [-0.1, -0.05) is 43.0 Å². The highest BCUT2D eigenvalue weighted by Crippen LogP contribution is 2.22. The summed E-state index contributed by atoms with van der Waals surface area (Å²) in [6.45, 7) is 2.13. The lowest BCUT2D eigenvalue weighted by Crippen LogP contribution is -2.40. The number of hydrogen-bond acceptors (Lipinski definition) is 2. The molecule has 3 unspecified atom stereocenters. The smallest absolute Gasteiger partial charge is 0.0693 e. The van der Waals surface area contributed by atoms with E-state index < -0.39 is 0 Å². The molecule has 1 aliphatic rings. The number of rotatable bonds is 3. The van der Waals surface area contributed by atoms with E-state index in [2.05, 4.69) is 18.3 Å². The fraction of sp³-hybridized carbons (Fsp3) is 0.600. The minimum Gasteiger partial charge on any atom is -0.392 e. The topological polar surface area (TPSA) is 32.3 Å². The first-order valence-electron chi connectivity index (χ1n) is 6.86. The van der Waals surface area contributed by atoms with Crippen molar-refractivity contribution in [3.8, 4) is 0 Å². The van der Waals surface area contributed by atoms with Crippen LogP contribution >= 0.6 is 11.6 Å². The van der Waals surface area contributed by atoms with Gasteiger partial charge in [0.05, 0.1) is 6.10 Å². The van der Waals surface area contributed by atoms with Crippen molar-refractivity contribution in [2.24, 2.45) is 0 Å². The van der Waals surface area contributed by atoms with E-state index in [1.165, 1.54) is 18.4 Å². The molecule has 2 N–H and O–H groups in total. The van der Waals surface area contributed by atoms with Crippen LogP contribution in [0.25, 0.3) is 0 Å². The minimum absolute atomic E-state index is 0.210. The van der Waals surface area contributed by atoms with Crippen molar-refractivity contribution in [1.29, 1.82) is 0 Å². The summed E-state index contributed by atoms with van der Waals surface area (Å²) in [5.74, 6) is 0. The van der Waals surface area contributed by atoms with Crippen LogP contribution in [0.1, 0.15) is 50.6 Å². The van der Waals surface area contributed by atoms with Gasteiger partial charge in [0, 0.05) is 17.1 Å². The van der Waals surface area contributed by atoms with Crippen molar-refractivity contribution >= 4 is 11.6 Å². The Bertz CT molecular complexity index is 383. The predicted octanol–water partition coefficient (Wildman–Crippen LogP) is 3.68. The first-order valence-corrected chi connectivity index (χ1v) is 7.24. The number of halogens is 1. The van der Waals surface area contributed by atoms with E-state index in [9.17, 15) is 5.11 Å². The molecule has 1 fully saturated rings. The quantitative estimate of drug-likeness (QED) is 0.819. The Kier molecular flexibility index (Phi) is 5.04. The van der Waals surface area contributed by atoms with Gasteiger partial charge in [-0.3, -0.25) is 0 Å². The Balaban J connectivity index is 1.99. The highest BCUT2D eigenvalue weighted by atomic mass is 35.5. The standard InChI is InChI=1S/C15H22ClNO/c1-11(12-6-5-7-13(16)10-12)17-14-8-3-2-4-9-15(14)18/h5-7,10-11,14-15,17-18H,2-4,8-9H2,1H3. The molecule has 1 aliphatic carbocycles. The summed E-state index contributed by atoms with van der Waals surface area (Å²) in [6, 6.07) is 8.36. The first kappa shape index (κ1) is 13.9. The normalized spacial score (nSPS) is 26.6. The molecule has 0 amide bonds. The van der Waals surface area contributed by atoms with Gasteiger partial charge in [-0.25, -0.2) is 0 Å². The van der Waals surface area contributed by atoms with Crippen molar-refractivity contribution in [2.45, 2.75) is 57.2 Å². The average molecular weight is 268 g/mol. The van der Waals surface area contributed by atoms with Gasteiger partial charge in [0.15, 0.2) is 0 Å². The first-order chi connectivity index (χ1) is 8.66. The van der Waals surface area contributed by atoms with Crippen LogP contribution in [0.4, 0.5) is 0 Å². The molecule has 0 bridgehead atoms. The molecule has 1 aromatic rings. The van der Waals surface area contributed by atoms with Gasteiger partial charge in [0.2, 0.25) is 0 Å². The third-order valence-corrected chi connectivity index (χ3v) is 4.03. The van der Waals surface area contributed by atoms with E-state index in [1.807, 2.05) is 18.2 Å². The molecule has 100 valence electrons. The molecule has 1 aromatic carbocycles. The Morgan fingerprint density at radius 1 is 1.28 bits per heavy atom. The van der Waals surface area contributed by atoms with Gasteiger partial charge in [0.25, 0.3) is 0 Å². The zero-order valence-electron chi connectivity index (χ0n) is 10.9. The van der Waals surface area contributed by atoms with Gasteiger partial charge in [0.1, 0.15) is 0 Å². The molecule has 1 saturated carbocycles. The van der Waals surface area contributed by atoms with Crippen LogP contribution < -0.4 is 5.32 Å². The van der Waals surface area contributed by atoms with Crippen LogP contribution in [0, 0.1) is 0 Å². The van der Waals surface area contributed by atoms with Crippen LogP contribution in [0.3, 0.4) is 0 Å². The fourth-order valence-electron chi connectivity index (χ4n) is 2.68. The van der Waals surface area contributed by atoms with E-state index in [1.54, 1.807) is 0 Å². The third-order valence-electron chi connectivity index (χ3n) is 3.79. The maximum atomic E-state index is 10.1. The van der Waals surface area contributed by atoms with E-state index in [4.69, 9.17) is 11.6 Å². The number of aliphatic hydroxyl groups excluding tert-OH is 1. The monoisotopic (exact) mass is 267 g/mol. The largest absolute Gasteiger partial charge is 0.392 e. The van der Waals surface area contributed by atoms with E-state index in [0.29, 0.717) is 0 Å². The van der Waals surface area contributed by atoms with Crippen LogP contribution in [0.15, 0.2) is 24.3 Å². The van der Waals surface area contributed by atoms with Crippen LogP contribution in [-0.4, -0.2) is 17.3 Å². The molecule has 0 aliphatic heterocycles. The number of hydrogen-bond donors (Lipinski definition) is 2. The summed E-state index contributed by atoms with van der Waals surface area (Å²) in [4.78, 5) is 0. The van der Waals surface area contributed by atoms with Crippen molar-refractivity contribution in [3.05, 3.63) is 34.9 Å². The summed E-state index contributed by atoms with van der Waals surface area (Å²) in [5.41, 5.74) is 1.18. The second kappa shape index (κ2) is 6.55. The summed E-state index contributed by atoms with van der Waals surface area (Å²) >= 11 is 6.01. The Morgan fingerprint density at radius 3 is 2.83 bits per heavy atom. The zero-order valence-corrected chi connectivity index (χ0v) is 11.7. The average Bonchev–Trinajstić information content (AvgIpc) is 2.55. The number of aliphatic hydroxyl groups is 1. The second-order valence-corrected chi connectivity index (χ2v) is 5.69. The SMILES string of the molecule is CC(NC1CCCCCC1O)c1cccc(Cl)c1. The van der Waals surface area contributed by atoms with Crippen LogP contribution in [0.2, 0.25) is 5.02 Å². The summed E-state index contributed by atoms with van der Waals surface area (Å²) in [6.07, 6.45) is 5.35. The maximum Gasteiger partial charge on any atom is 0.0693 e. The lowest BCUT2D eigenvalue weighted by Gasteiger charge is -2.26. The van der Waals surface area contributed by atoms with Gasteiger partial charge < -0.3 is 10.4 Å². The summed E-state index contributed by atoms with van der Waals surface area (Å²) < 4.78 is 0. The zero-order chi connectivity index (χ0) is 13.0. The molecule has 0 heterocycles. The Morgan fingerprint density at radius 2 is 2.06 bits per heavy atom. The van der Waals surface area contributed by atoms with Crippen molar-refractivity contribution in [3.63, 3.8) is 0 Å². The molecular weight excluding hydrogens is 246 g/mol. The molecule has 0 radical (unpaired) electrons. The molecule has 0 aromatic heterocycles. The predicted molar refractivity (Wildman–Crippen MR) is 75.9 cm³/mol. The van der Waals surface area contributed by atoms with Crippen LogP contribution in [0.5, 0.6) is 0 Å². The number of benzene rings is 1. The van der Waals surface area contributed by atoms with E-state index in [0.717, 1.165) is 24.3 Å². The van der Waals surface area contributed by atoms with Crippen molar-refractivity contribution < 1.29 is 5.11 Å². The van der Waals surface area contributed by atoms with Gasteiger partial charge in [-0.05, 0) is 37.5 Å². The minimum atomic E-state index is -0.214. The van der Waals surface area contributed by atoms with E-state index in [-0.39, 0.29) is 18.2 Å².